The highest BCUT2D eigenvalue weighted by Crippen LogP contribution is 2.33. The molecule has 5 nitrogen and oxygen atoms in total. The molecule has 1 aromatic heterocycles. The number of aliphatic hydroxyl groups is 1. The number of likely N-dealkylation sites (tertiary alicyclic amines) is 1. The van der Waals surface area contributed by atoms with E-state index in [0.29, 0.717) is 25.2 Å². The molecule has 2 rings (SSSR count). The van der Waals surface area contributed by atoms with Gasteiger partial charge in [-0.05, 0) is 19.3 Å². The number of nitrogens with zero attached hydrogens (tertiary/aromatic N) is 2. The average molecular weight is 250 g/mol. The molecule has 1 aliphatic heterocycles. The van der Waals surface area contributed by atoms with Crippen LogP contribution in [0, 0.1) is 5.41 Å². The molecule has 0 aromatic carbocycles. The Balaban J connectivity index is 2.10. The summed E-state index contributed by atoms with van der Waals surface area (Å²) in [5.41, 5.74) is 0.0710. The van der Waals surface area contributed by atoms with Crippen molar-refractivity contribution in [1.82, 2.24) is 10.1 Å². The fourth-order valence-electron chi connectivity index (χ4n) is 2.53. The van der Waals surface area contributed by atoms with Crippen molar-refractivity contribution in [3.05, 3.63) is 30.7 Å². The zero-order valence-corrected chi connectivity index (χ0v) is 10.3. The maximum absolute atomic E-state index is 12.2. The summed E-state index contributed by atoms with van der Waals surface area (Å²) in [6.07, 6.45) is 5.71. The molecule has 1 fully saturated rings. The van der Waals surface area contributed by atoms with Crippen LogP contribution >= 0.6 is 0 Å². The van der Waals surface area contributed by atoms with Gasteiger partial charge in [-0.2, -0.15) is 0 Å². The van der Waals surface area contributed by atoms with Crippen molar-refractivity contribution in [2.45, 2.75) is 19.3 Å². The fraction of sp³-hybridized carbons (Fsp3) is 0.538. The molecule has 0 bridgehead atoms. The fourth-order valence-corrected chi connectivity index (χ4v) is 2.53. The first kappa shape index (κ1) is 12.8. The Labute approximate surface area is 106 Å². The number of carbonyl (C=O) groups is 1. The summed E-state index contributed by atoms with van der Waals surface area (Å²) in [5, 5.41) is 13.2. The van der Waals surface area contributed by atoms with Gasteiger partial charge in [0.05, 0.1) is 6.61 Å². The zero-order chi connectivity index (χ0) is 13.0. The molecule has 1 aromatic rings. The largest absolute Gasteiger partial charge is 0.396 e. The summed E-state index contributed by atoms with van der Waals surface area (Å²) in [6, 6.07) is 1.56. The number of rotatable bonds is 4. The predicted molar refractivity (Wildman–Crippen MR) is 66.0 cm³/mol. The van der Waals surface area contributed by atoms with Gasteiger partial charge in [0.15, 0.2) is 5.69 Å². The van der Waals surface area contributed by atoms with Crippen LogP contribution in [0.25, 0.3) is 0 Å². The monoisotopic (exact) mass is 250 g/mol. The molecule has 1 aliphatic rings. The molecular weight excluding hydrogens is 232 g/mol. The molecule has 0 spiro atoms. The SMILES string of the molecule is C=CCC1(CO)CCCN(C(=O)c2ccon2)C1. The molecule has 98 valence electrons. The smallest absolute Gasteiger partial charge is 0.276 e. The minimum atomic E-state index is -0.251. The molecule has 1 unspecified atom stereocenters. The van der Waals surface area contributed by atoms with Gasteiger partial charge in [-0.15, -0.1) is 6.58 Å². The Hall–Kier alpha value is -1.62. The van der Waals surface area contributed by atoms with E-state index < -0.39 is 0 Å². The third kappa shape index (κ3) is 2.46. The molecule has 5 heteroatoms. The summed E-state index contributed by atoms with van der Waals surface area (Å²) in [7, 11) is 0. The second kappa shape index (κ2) is 5.35. The van der Waals surface area contributed by atoms with Gasteiger partial charge in [-0.1, -0.05) is 11.2 Å². The van der Waals surface area contributed by atoms with Crippen molar-refractivity contribution in [3.63, 3.8) is 0 Å². The molecule has 0 radical (unpaired) electrons. The van der Waals surface area contributed by atoms with Crippen LogP contribution in [0.1, 0.15) is 29.8 Å². The molecule has 18 heavy (non-hydrogen) atoms. The Morgan fingerprint density at radius 2 is 2.56 bits per heavy atom. The number of amides is 1. The topological polar surface area (TPSA) is 66.6 Å². The van der Waals surface area contributed by atoms with Crippen LogP contribution in [0.3, 0.4) is 0 Å². The number of hydrogen-bond donors (Lipinski definition) is 1. The molecule has 1 amide bonds. The quantitative estimate of drug-likeness (QED) is 0.822. The summed E-state index contributed by atoms with van der Waals surface area (Å²) in [4.78, 5) is 13.9. The molecule has 2 heterocycles. The third-order valence-corrected chi connectivity index (χ3v) is 3.52. The second-order valence-electron chi connectivity index (χ2n) is 4.87. The Bertz CT molecular complexity index is 416. The lowest BCUT2D eigenvalue weighted by Gasteiger charge is -2.41. The van der Waals surface area contributed by atoms with E-state index in [-0.39, 0.29) is 17.9 Å². The van der Waals surface area contributed by atoms with Gasteiger partial charge in [0.2, 0.25) is 0 Å². The van der Waals surface area contributed by atoms with Crippen molar-refractivity contribution < 1.29 is 14.4 Å². The van der Waals surface area contributed by atoms with Crippen molar-refractivity contribution in [2.24, 2.45) is 5.41 Å². The normalized spacial score (nSPS) is 23.9. The molecule has 1 N–H and O–H groups in total. The van der Waals surface area contributed by atoms with Gasteiger partial charge in [0.1, 0.15) is 6.26 Å². The molecular formula is C13H18N2O3. The van der Waals surface area contributed by atoms with Gasteiger partial charge in [-0.3, -0.25) is 4.79 Å². The van der Waals surface area contributed by atoms with Gasteiger partial charge in [0.25, 0.3) is 5.91 Å². The van der Waals surface area contributed by atoms with Crippen LogP contribution in [0.4, 0.5) is 0 Å². The van der Waals surface area contributed by atoms with Crippen LogP contribution in [-0.2, 0) is 0 Å². The van der Waals surface area contributed by atoms with E-state index >= 15 is 0 Å². The van der Waals surface area contributed by atoms with Crippen LogP contribution in [0.15, 0.2) is 29.5 Å². The Morgan fingerprint density at radius 3 is 3.17 bits per heavy atom. The van der Waals surface area contributed by atoms with Crippen LogP contribution in [0.5, 0.6) is 0 Å². The van der Waals surface area contributed by atoms with E-state index in [4.69, 9.17) is 0 Å². The van der Waals surface area contributed by atoms with Crippen molar-refractivity contribution in [3.8, 4) is 0 Å². The van der Waals surface area contributed by atoms with E-state index in [1.807, 2.05) is 0 Å². The zero-order valence-electron chi connectivity index (χ0n) is 10.3. The molecule has 1 saturated heterocycles. The highest BCUT2D eigenvalue weighted by atomic mass is 16.5. The molecule has 0 aliphatic carbocycles. The maximum Gasteiger partial charge on any atom is 0.276 e. The lowest BCUT2D eigenvalue weighted by atomic mass is 9.78. The number of piperidine rings is 1. The maximum atomic E-state index is 12.2. The predicted octanol–water partition coefficient (Wildman–Crippen LogP) is 1.47. The Kier molecular flexibility index (Phi) is 3.81. The van der Waals surface area contributed by atoms with Crippen LogP contribution in [-0.4, -0.2) is 40.8 Å². The minimum Gasteiger partial charge on any atom is -0.396 e. The number of carbonyl (C=O) groups excluding carboxylic acids is 1. The first-order chi connectivity index (χ1) is 8.71. The van der Waals surface area contributed by atoms with E-state index in [9.17, 15) is 9.90 Å². The van der Waals surface area contributed by atoms with Crippen LogP contribution in [0.2, 0.25) is 0 Å². The minimum absolute atomic E-state index is 0.0710. The van der Waals surface area contributed by atoms with Crippen molar-refractivity contribution in [2.75, 3.05) is 19.7 Å². The molecule has 1 atom stereocenters. The number of aliphatic hydroxyl groups excluding tert-OH is 1. The van der Waals surface area contributed by atoms with E-state index in [1.54, 1.807) is 17.0 Å². The second-order valence-corrected chi connectivity index (χ2v) is 4.87. The van der Waals surface area contributed by atoms with E-state index in [0.717, 1.165) is 12.8 Å². The lowest BCUT2D eigenvalue weighted by molar-refractivity contribution is 0.0279. The van der Waals surface area contributed by atoms with Crippen LogP contribution < -0.4 is 0 Å². The summed E-state index contributed by atoms with van der Waals surface area (Å²) in [6.45, 7) is 5.04. The molecule has 0 saturated carbocycles. The standard InChI is InChI=1S/C13H18N2O3/c1-2-5-13(10-16)6-3-7-15(9-13)12(17)11-4-8-18-14-11/h2,4,8,16H,1,3,5-7,9-10H2. The number of aromatic nitrogens is 1. The van der Waals surface area contributed by atoms with Crippen molar-refractivity contribution >= 4 is 5.91 Å². The summed E-state index contributed by atoms with van der Waals surface area (Å²) < 4.78 is 4.69. The first-order valence-corrected chi connectivity index (χ1v) is 6.12. The highest BCUT2D eigenvalue weighted by molar-refractivity contribution is 5.92. The third-order valence-electron chi connectivity index (χ3n) is 3.52. The highest BCUT2D eigenvalue weighted by Gasteiger charge is 2.36. The first-order valence-electron chi connectivity index (χ1n) is 6.12. The van der Waals surface area contributed by atoms with Gasteiger partial charge < -0.3 is 14.5 Å². The van der Waals surface area contributed by atoms with Gasteiger partial charge in [-0.25, -0.2) is 0 Å². The van der Waals surface area contributed by atoms with Crippen molar-refractivity contribution in [1.29, 1.82) is 0 Å². The van der Waals surface area contributed by atoms with Gasteiger partial charge in [0, 0.05) is 24.6 Å². The summed E-state index contributed by atoms with van der Waals surface area (Å²) >= 11 is 0. The summed E-state index contributed by atoms with van der Waals surface area (Å²) in [5.74, 6) is -0.134. The average Bonchev–Trinajstić information content (AvgIpc) is 2.92. The number of allylic oxidation sites excluding steroid dienone is 1. The van der Waals surface area contributed by atoms with E-state index in [2.05, 4.69) is 16.3 Å². The van der Waals surface area contributed by atoms with Gasteiger partial charge >= 0.3 is 0 Å². The Morgan fingerprint density at radius 1 is 1.72 bits per heavy atom. The number of hydrogen-bond acceptors (Lipinski definition) is 4. The lowest BCUT2D eigenvalue weighted by Crippen LogP contribution is -2.47. The van der Waals surface area contributed by atoms with E-state index in [1.165, 1.54) is 6.26 Å².